The zero-order chi connectivity index (χ0) is 17.6. The lowest BCUT2D eigenvalue weighted by molar-refractivity contribution is 0.131. The molecule has 1 fully saturated rings. The molecule has 2 rings (SSSR count). The summed E-state index contributed by atoms with van der Waals surface area (Å²) in [5.74, 6) is 0.508. The molecule has 142 valence electrons. The summed E-state index contributed by atoms with van der Waals surface area (Å²) in [6, 6.07) is 8.56. The molecule has 0 aliphatic carbocycles. The van der Waals surface area contributed by atoms with Crippen molar-refractivity contribution in [2.45, 2.75) is 46.3 Å². The maximum absolute atomic E-state index is 6.00. The lowest BCUT2D eigenvalue weighted by Gasteiger charge is -2.34. The van der Waals surface area contributed by atoms with E-state index in [0.29, 0.717) is 12.5 Å². The first-order valence-corrected chi connectivity index (χ1v) is 8.97. The van der Waals surface area contributed by atoms with Crippen molar-refractivity contribution in [1.29, 1.82) is 0 Å². The Labute approximate surface area is 170 Å². The first-order chi connectivity index (χ1) is 11.4. The average Bonchev–Trinajstić information content (AvgIpc) is 2.53. The minimum absolute atomic E-state index is 0. The van der Waals surface area contributed by atoms with Crippen LogP contribution in [0.25, 0.3) is 0 Å². The number of hydrogen-bond acceptors (Lipinski definition) is 3. The summed E-state index contributed by atoms with van der Waals surface area (Å²) in [6.07, 6.45) is 0. The minimum Gasteiger partial charge on any atom is -0.370 e. The Balaban J connectivity index is 0.00000312. The van der Waals surface area contributed by atoms with Crippen LogP contribution in [0.2, 0.25) is 0 Å². The fourth-order valence-corrected chi connectivity index (χ4v) is 2.96. The molecule has 0 spiro atoms. The first kappa shape index (κ1) is 22.2. The Kier molecular flexibility index (Phi) is 9.16. The number of piperazine rings is 1. The molecular formula is C19H34IN5. The van der Waals surface area contributed by atoms with Crippen LogP contribution in [0.4, 0.5) is 0 Å². The van der Waals surface area contributed by atoms with Crippen LogP contribution in [0.15, 0.2) is 29.3 Å². The van der Waals surface area contributed by atoms with Gasteiger partial charge in [0.25, 0.3) is 0 Å². The third kappa shape index (κ3) is 7.92. The minimum atomic E-state index is -0.0634. The molecule has 0 bridgehead atoms. The zero-order valence-corrected chi connectivity index (χ0v) is 18.4. The maximum Gasteiger partial charge on any atom is 0.189 e. The molecule has 1 saturated heterocycles. The molecule has 5 nitrogen and oxygen atoms in total. The van der Waals surface area contributed by atoms with Gasteiger partial charge >= 0.3 is 0 Å². The number of halogens is 1. The van der Waals surface area contributed by atoms with E-state index in [1.807, 2.05) is 0 Å². The van der Waals surface area contributed by atoms with E-state index < -0.39 is 0 Å². The van der Waals surface area contributed by atoms with Gasteiger partial charge < -0.3 is 16.0 Å². The topological polar surface area (TPSA) is 56.9 Å². The van der Waals surface area contributed by atoms with E-state index in [1.54, 1.807) is 0 Å². The Hall–Kier alpha value is -0.860. The lowest BCUT2D eigenvalue weighted by Crippen LogP contribution is -2.45. The number of nitrogens with two attached hydrogens (primary N) is 1. The zero-order valence-electron chi connectivity index (χ0n) is 16.1. The van der Waals surface area contributed by atoms with E-state index in [1.165, 1.54) is 24.2 Å². The van der Waals surface area contributed by atoms with Gasteiger partial charge in [0.2, 0.25) is 0 Å². The summed E-state index contributed by atoms with van der Waals surface area (Å²) in [5.41, 5.74) is 8.55. The molecule has 0 saturated carbocycles. The number of rotatable bonds is 5. The van der Waals surface area contributed by atoms with Crippen molar-refractivity contribution in [3.8, 4) is 0 Å². The van der Waals surface area contributed by atoms with E-state index in [0.717, 1.165) is 26.2 Å². The van der Waals surface area contributed by atoms with E-state index in [-0.39, 0.29) is 29.5 Å². The van der Waals surface area contributed by atoms with Crippen LogP contribution < -0.4 is 11.1 Å². The fraction of sp³-hybridized carbons (Fsp3) is 0.632. The molecule has 0 amide bonds. The van der Waals surface area contributed by atoms with Crippen molar-refractivity contribution in [2.24, 2.45) is 10.7 Å². The molecule has 6 heteroatoms. The molecule has 0 unspecified atom stereocenters. The fourth-order valence-electron chi connectivity index (χ4n) is 2.96. The number of nitrogens with one attached hydrogen (secondary N) is 1. The van der Waals surface area contributed by atoms with E-state index >= 15 is 0 Å². The van der Waals surface area contributed by atoms with E-state index in [4.69, 9.17) is 5.73 Å². The number of likely N-dealkylation sites (N-methyl/N-ethyl adjacent to an activating group) is 1. The number of aliphatic imine (C=N–C) groups is 1. The summed E-state index contributed by atoms with van der Waals surface area (Å²) in [5, 5.41) is 3.21. The van der Waals surface area contributed by atoms with Crippen LogP contribution in [0.5, 0.6) is 0 Å². The van der Waals surface area contributed by atoms with Crippen molar-refractivity contribution < 1.29 is 0 Å². The average molecular weight is 459 g/mol. The highest BCUT2D eigenvalue weighted by molar-refractivity contribution is 14.0. The second kappa shape index (κ2) is 10.3. The van der Waals surface area contributed by atoms with Crippen molar-refractivity contribution in [3.63, 3.8) is 0 Å². The summed E-state index contributed by atoms with van der Waals surface area (Å²) >= 11 is 0. The summed E-state index contributed by atoms with van der Waals surface area (Å²) in [4.78, 5) is 9.55. The number of guanidine groups is 1. The van der Waals surface area contributed by atoms with Crippen molar-refractivity contribution in [2.75, 3.05) is 32.7 Å². The van der Waals surface area contributed by atoms with Crippen LogP contribution in [-0.4, -0.2) is 54.0 Å². The van der Waals surface area contributed by atoms with E-state index in [9.17, 15) is 0 Å². The summed E-state index contributed by atoms with van der Waals surface area (Å²) < 4.78 is 0. The monoisotopic (exact) mass is 459 g/mol. The highest BCUT2D eigenvalue weighted by Crippen LogP contribution is 2.14. The standard InChI is InChI=1S/C19H33N5.HI/c1-5-23-10-12-24(13-11-23)15-17-9-7-6-8-16(17)14-21-18(20)22-19(2,3)4;/h6-9H,5,10-15H2,1-4H3,(H3,20,21,22);1H. The predicted octanol–water partition coefficient (Wildman–Crippen LogP) is 2.64. The van der Waals surface area contributed by atoms with Gasteiger partial charge in [-0.05, 0) is 38.4 Å². The summed E-state index contributed by atoms with van der Waals surface area (Å²) in [7, 11) is 0. The molecule has 0 radical (unpaired) electrons. The third-order valence-corrected chi connectivity index (χ3v) is 4.35. The maximum atomic E-state index is 6.00. The van der Waals surface area contributed by atoms with Gasteiger partial charge in [-0.25, -0.2) is 4.99 Å². The van der Waals surface area contributed by atoms with Gasteiger partial charge in [-0.3, -0.25) is 4.90 Å². The van der Waals surface area contributed by atoms with Gasteiger partial charge in [-0.15, -0.1) is 24.0 Å². The van der Waals surface area contributed by atoms with Gasteiger partial charge in [0, 0.05) is 38.3 Å². The van der Waals surface area contributed by atoms with Crippen LogP contribution in [-0.2, 0) is 13.1 Å². The Morgan fingerprint density at radius 1 is 1.08 bits per heavy atom. The van der Waals surface area contributed by atoms with Gasteiger partial charge in [0.15, 0.2) is 5.96 Å². The second-order valence-corrected chi connectivity index (χ2v) is 7.56. The van der Waals surface area contributed by atoms with E-state index in [2.05, 4.69) is 72.1 Å². The molecule has 1 heterocycles. The molecule has 1 aromatic carbocycles. The van der Waals surface area contributed by atoms with Crippen molar-refractivity contribution in [3.05, 3.63) is 35.4 Å². The van der Waals surface area contributed by atoms with Crippen LogP contribution in [0.1, 0.15) is 38.8 Å². The Morgan fingerprint density at radius 3 is 2.20 bits per heavy atom. The second-order valence-electron chi connectivity index (χ2n) is 7.56. The first-order valence-electron chi connectivity index (χ1n) is 8.97. The molecule has 25 heavy (non-hydrogen) atoms. The normalized spacial score (nSPS) is 17.2. The number of hydrogen-bond donors (Lipinski definition) is 2. The SMILES string of the molecule is CCN1CCN(Cc2ccccc2CN=C(N)NC(C)(C)C)CC1.I. The van der Waals surface area contributed by atoms with Crippen LogP contribution >= 0.6 is 24.0 Å². The lowest BCUT2D eigenvalue weighted by atomic mass is 10.1. The largest absolute Gasteiger partial charge is 0.370 e. The Morgan fingerprint density at radius 2 is 1.64 bits per heavy atom. The highest BCUT2D eigenvalue weighted by Gasteiger charge is 2.16. The molecule has 0 aromatic heterocycles. The number of nitrogens with zero attached hydrogens (tertiary/aromatic N) is 3. The molecule has 0 atom stereocenters. The smallest absolute Gasteiger partial charge is 0.189 e. The van der Waals surface area contributed by atoms with Gasteiger partial charge in [0.1, 0.15) is 0 Å². The van der Waals surface area contributed by atoms with Gasteiger partial charge in [0.05, 0.1) is 6.54 Å². The van der Waals surface area contributed by atoms with Crippen LogP contribution in [0.3, 0.4) is 0 Å². The van der Waals surface area contributed by atoms with Crippen LogP contribution in [0, 0.1) is 0 Å². The predicted molar refractivity (Wildman–Crippen MR) is 117 cm³/mol. The molecule has 3 N–H and O–H groups in total. The third-order valence-electron chi connectivity index (χ3n) is 4.35. The van der Waals surface area contributed by atoms with Crippen molar-refractivity contribution >= 4 is 29.9 Å². The quantitative estimate of drug-likeness (QED) is 0.404. The van der Waals surface area contributed by atoms with Gasteiger partial charge in [-0.2, -0.15) is 0 Å². The molecule has 1 aliphatic rings. The molecular weight excluding hydrogens is 425 g/mol. The van der Waals surface area contributed by atoms with Gasteiger partial charge in [-0.1, -0.05) is 31.2 Å². The summed E-state index contributed by atoms with van der Waals surface area (Å²) in [6.45, 7) is 15.9. The van der Waals surface area contributed by atoms with Crippen molar-refractivity contribution in [1.82, 2.24) is 15.1 Å². The number of benzene rings is 1. The molecule has 1 aromatic rings. The molecule has 1 aliphatic heterocycles. The Bertz CT molecular complexity index is 545. The highest BCUT2D eigenvalue weighted by atomic mass is 127.